The second-order valence-electron chi connectivity index (χ2n) is 1.98. The molecule has 0 atom stereocenters. The minimum atomic E-state index is -0.271. The SMILES string of the molecule is O=c1[nH]c2cnc(Br)nc2[nH]1. The summed E-state index contributed by atoms with van der Waals surface area (Å²) in [4.78, 5) is 23.5. The smallest absolute Gasteiger partial charge is 0.303 e. The Kier molecular flexibility index (Phi) is 1.28. The molecule has 0 aliphatic carbocycles. The van der Waals surface area contributed by atoms with Crippen LogP contribution in [0.3, 0.4) is 0 Å². The molecule has 0 spiro atoms. The summed E-state index contributed by atoms with van der Waals surface area (Å²) in [6.45, 7) is 0. The number of hydrogen-bond acceptors (Lipinski definition) is 3. The van der Waals surface area contributed by atoms with Gasteiger partial charge in [0.25, 0.3) is 0 Å². The van der Waals surface area contributed by atoms with Gasteiger partial charge in [0.1, 0.15) is 5.52 Å². The van der Waals surface area contributed by atoms with Crippen molar-refractivity contribution < 1.29 is 0 Å². The third-order valence-electron chi connectivity index (χ3n) is 1.24. The van der Waals surface area contributed by atoms with E-state index in [1.807, 2.05) is 0 Å². The average molecular weight is 215 g/mol. The van der Waals surface area contributed by atoms with Crippen molar-refractivity contribution in [2.45, 2.75) is 0 Å². The highest BCUT2D eigenvalue weighted by Crippen LogP contribution is 2.05. The van der Waals surface area contributed by atoms with Crippen LogP contribution in [0.25, 0.3) is 11.2 Å². The maximum Gasteiger partial charge on any atom is 0.325 e. The molecule has 0 aliphatic heterocycles. The molecule has 5 nitrogen and oxygen atoms in total. The van der Waals surface area contributed by atoms with E-state index in [0.29, 0.717) is 15.9 Å². The number of nitrogens with zero attached hydrogens (tertiary/aromatic N) is 2. The van der Waals surface area contributed by atoms with Crippen LogP contribution in [-0.4, -0.2) is 19.9 Å². The molecule has 0 saturated heterocycles. The summed E-state index contributed by atoms with van der Waals surface area (Å²) in [5.41, 5.74) is 0.850. The van der Waals surface area contributed by atoms with E-state index in [1.54, 1.807) is 0 Å². The molecule has 2 N–H and O–H groups in total. The first-order valence-corrected chi connectivity index (χ1v) is 3.65. The molecule has 11 heavy (non-hydrogen) atoms. The second-order valence-corrected chi connectivity index (χ2v) is 2.69. The third kappa shape index (κ3) is 1.05. The van der Waals surface area contributed by atoms with Crippen molar-refractivity contribution in [1.29, 1.82) is 0 Å². The van der Waals surface area contributed by atoms with Crippen LogP contribution in [0.15, 0.2) is 15.7 Å². The Morgan fingerprint density at radius 3 is 3.09 bits per heavy atom. The van der Waals surface area contributed by atoms with Crippen molar-refractivity contribution in [2.75, 3.05) is 0 Å². The fourth-order valence-electron chi connectivity index (χ4n) is 0.808. The molecule has 0 unspecified atom stereocenters. The number of halogens is 1. The highest BCUT2D eigenvalue weighted by molar-refractivity contribution is 9.10. The van der Waals surface area contributed by atoms with Crippen LogP contribution < -0.4 is 5.69 Å². The Hall–Kier alpha value is -1.17. The highest BCUT2D eigenvalue weighted by atomic mass is 79.9. The number of aromatic nitrogens is 4. The van der Waals surface area contributed by atoms with Crippen LogP contribution >= 0.6 is 15.9 Å². The summed E-state index contributed by atoms with van der Waals surface area (Å²) in [5.74, 6) is 0. The second kappa shape index (κ2) is 2.16. The van der Waals surface area contributed by atoms with Crippen LogP contribution in [0.2, 0.25) is 0 Å². The number of aromatic amines is 2. The zero-order valence-corrected chi connectivity index (χ0v) is 6.84. The topological polar surface area (TPSA) is 74.4 Å². The molecule has 2 aromatic rings. The molecule has 2 rings (SSSR count). The quantitative estimate of drug-likeness (QED) is 0.625. The average Bonchev–Trinajstić information content (AvgIpc) is 2.27. The standard InChI is InChI=1S/C5H3BrN4O/c6-4-7-1-2-3(9-4)10-5(11)8-2/h1H,(H2,7,8,9,10,11). The van der Waals surface area contributed by atoms with E-state index in [2.05, 4.69) is 35.9 Å². The summed E-state index contributed by atoms with van der Waals surface area (Å²) in [6.07, 6.45) is 1.53. The van der Waals surface area contributed by atoms with Gasteiger partial charge < -0.3 is 4.98 Å². The summed E-state index contributed by atoms with van der Waals surface area (Å²) in [7, 11) is 0. The minimum absolute atomic E-state index is 0.271. The van der Waals surface area contributed by atoms with Crippen LogP contribution in [0.4, 0.5) is 0 Å². The number of nitrogens with one attached hydrogen (secondary N) is 2. The van der Waals surface area contributed by atoms with Gasteiger partial charge in [-0.05, 0) is 15.9 Å². The molecule has 0 saturated carbocycles. The van der Waals surface area contributed by atoms with Gasteiger partial charge in [-0.25, -0.2) is 14.8 Å². The van der Waals surface area contributed by atoms with Crippen LogP contribution in [-0.2, 0) is 0 Å². The first kappa shape index (κ1) is 6.53. The monoisotopic (exact) mass is 214 g/mol. The molecule has 0 bridgehead atoms. The Labute approximate surface area is 69.0 Å². The Bertz CT molecular complexity index is 445. The molecule has 0 amide bonds. The third-order valence-corrected chi connectivity index (χ3v) is 1.62. The highest BCUT2D eigenvalue weighted by Gasteiger charge is 1.98. The maximum absolute atomic E-state index is 10.7. The molecule has 0 radical (unpaired) electrons. The van der Waals surface area contributed by atoms with Gasteiger partial charge in [-0.1, -0.05) is 0 Å². The number of imidazole rings is 1. The summed E-state index contributed by atoms with van der Waals surface area (Å²) in [6, 6.07) is 0. The predicted molar refractivity (Wildman–Crippen MR) is 42.2 cm³/mol. The molecule has 56 valence electrons. The van der Waals surface area contributed by atoms with E-state index < -0.39 is 0 Å². The van der Waals surface area contributed by atoms with E-state index in [-0.39, 0.29) is 5.69 Å². The molecule has 0 fully saturated rings. The summed E-state index contributed by atoms with van der Waals surface area (Å²) < 4.78 is 0.459. The molecular weight excluding hydrogens is 212 g/mol. The molecular formula is C5H3BrN4O. The molecule has 0 aliphatic rings. The Morgan fingerprint density at radius 1 is 1.45 bits per heavy atom. The normalized spacial score (nSPS) is 10.6. The fraction of sp³-hybridized carbons (Fsp3) is 0. The van der Waals surface area contributed by atoms with E-state index >= 15 is 0 Å². The Balaban J connectivity index is 2.92. The first-order chi connectivity index (χ1) is 5.25. The fourth-order valence-corrected chi connectivity index (χ4v) is 1.09. The van der Waals surface area contributed by atoms with Crippen molar-refractivity contribution in [3.63, 3.8) is 0 Å². The van der Waals surface area contributed by atoms with Crippen molar-refractivity contribution in [2.24, 2.45) is 0 Å². The van der Waals surface area contributed by atoms with E-state index in [1.165, 1.54) is 6.20 Å². The lowest BCUT2D eigenvalue weighted by Crippen LogP contribution is -1.99. The predicted octanol–water partition coefficient (Wildman–Crippen LogP) is 0.409. The molecule has 2 aromatic heterocycles. The Morgan fingerprint density at radius 2 is 2.27 bits per heavy atom. The molecule has 6 heteroatoms. The van der Waals surface area contributed by atoms with Gasteiger partial charge in [0, 0.05) is 0 Å². The van der Waals surface area contributed by atoms with Crippen LogP contribution in [0, 0.1) is 0 Å². The summed E-state index contributed by atoms with van der Waals surface area (Å²) >= 11 is 3.08. The van der Waals surface area contributed by atoms with E-state index in [0.717, 1.165) is 0 Å². The molecule has 2 heterocycles. The largest absolute Gasteiger partial charge is 0.325 e. The lowest BCUT2D eigenvalue weighted by atomic mass is 10.6. The van der Waals surface area contributed by atoms with Gasteiger partial charge in [0.15, 0.2) is 10.4 Å². The van der Waals surface area contributed by atoms with Gasteiger partial charge >= 0.3 is 5.69 Å². The number of H-pyrrole nitrogens is 2. The van der Waals surface area contributed by atoms with Crippen molar-refractivity contribution >= 4 is 27.1 Å². The van der Waals surface area contributed by atoms with Gasteiger partial charge in [0.2, 0.25) is 0 Å². The van der Waals surface area contributed by atoms with Crippen LogP contribution in [0.5, 0.6) is 0 Å². The van der Waals surface area contributed by atoms with Crippen molar-refractivity contribution in [3.8, 4) is 0 Å². The molecule has 0 aromatic carbocycles. The number of hydrogen-bond donors (Lipinski definition) is 2. The number of rotatable bonds is 0. The minimum Gasteiger partial charge on any atom is -0.303 e. The lowest BCUT2D eigenvalue weighted by molar-refractivity contribution is 1.14. The van der Waals surface area contributed by atoms with Crippen LogP contribution in [0.1, 0.15) is 0 Å². The van der Waals surface area contributed by atoms with Gasteiger partial charge in [-0.15, -0.1) is 0 Å². The zero-order valence-electron chi connectivity index (χ0n) is 5.26. The number of fused-ring (bicyclic) bond motifs is 1. The van der Waals surface area contributed by atoms with Gasteiger partial charge in [0.05, 0.1) is 6.20 Å². The van der Waals surface area contributed by atoms with Gasteiger partial charge in [-0.3, -0.25) is 4.98 Å². The first-order valence-electron chi connectivity index (χ1n) is 2.86. The van der Waals surface area contributed by atoms with E-state index in [4.69, 9.17) is 0 Å². The van der Waals surface area contributed by atoms with Crippen molar-refractivity contribution in [3.05, 3.63) is 21.4 Å². The van der Waals surface area contributed by atoms with Gasteiger partial charge in [-0.2, -0.15) is 0 Å². The van der Waals surface area contributed by atoms with E-state index in [9.17, 15) is 4.79 Å². The zero-order chi connectivity index (χ0) is 7.84. The maximum atomic E-state index is 10.7. The lowest BCUT2D eigenvalue weighted by Gasteiger charge is -1.86. The summed E-state index contributed by atoms with van der Waals surface area (Å²) in [5, 5.41) is 0. The van der Waals surface area contributed by atoms with Crippen molar-refractivity contribution in [1.82, 2.24) is 19.9 Å².